The Kier molecular flexibility index (Phi) is 3.24. The van der Waals surface area contributed by atoms with Gasteiger partial charge in [-0.25, -0.2) is 0 Å². The summed E-state index contributed by atoms with van der Waals surface area (Å²) in [6, 6.07) is 1.97. The standard InChI is InChI=1S/C11H13NO3S/c13-11(14)5-4-7-6-8-9(12-15)2-1-3-10(8)16-7/h6,15H,1-5H2,(H,13,14)/b12-9+. The Morgan fingerprint density at radius 1 is 1.50 bits per heavy atom. The van der Waals surface area contributed by atoms with Gasteiger partial charge in [-0.05, 0) is 31.7 Å². The fourth-order valence-corrected chi connectivity index (χ4v) is 3.15. The SMILES string of the molecule is O=C(O)CCc1cc2c(s1)CCC/C2=N\O. The predicted octanol–water partition coefficient (Wildman–Crippen LogP) is 2.28. The second-order valence-electron chi connectivity index (χ2n) is 3.84. The maximum Gasteiger partial charge on any atom is 0.303 e. The number of carboxylic acid groups (broad SMARTS) is 1. The monoisotopic (exact) mass is 239 g/mol. The predicted molar refractivity (Wildman–Crippen MR) is 61.5 cm³/mol. The van der Waals surface area contributed by atoms with E-state index in [0.717, 1.165) is 35.4 Å². The van der Waals surface area contributed by atoms with E-state index in [2.05, 4.69) is 5.16 Å². The third-order valence-corrected chi connectivity index (χ3v) is 3.95. The van der Waals surface area contributed by atoms with E-state index in [4.69, 9.17) is 10.3 Å². The van der Waals surface area contributed by atoms with Crippen LogP contribution in [0.4, 0.5) is 0 Å². The second-order valence-corrected chi connectivity index (χ2v) is 5.06. The van der Waals surface area contributed by atoms with Crippen molar-refractivity contribution in [2.45, 2.75) is 32.1 Å². The normalized spacial score (nSPS) is 17.4. The zero-order valence-corrected chi connectivity index (χ0v) is 9.59. The molecule has 2 N–H and O–H groups in total. The van der Waals surface area contributed by atoms with Crippen LogP contribution in [0.25, 0.3) is 0 Å². The summed E-state index contributed by atoms with van der Waals surface area (Å²) in [5.41, 5.74) is 1.75. The molecule has 5 heteroatoms. The average molecular weight is 239 g/mol. The van der Waals surface area contributed by atoms with Crippen molar-refractivity contribution >= 4 is 23.0 Å². The lowest BCUT2D eigenvalue weighted by Gasteiger charge is -2.10. The van der Waals surface area contributed by atoms with Crippen LogP contribution in [0, 0.1) is 0 Å². The second kappa shape index (κ2) is 4.65. The maximum atomic E-state index is 10.5. The summed E-state index contributed by atoms with van der Waals surface area (Å²) in [7, 11) is 0. The molecule has 16 heavy (non-hydrogen) atoms. The third kappa shape index (κ3) is 2.24. The summed E-state index contributed by atoms with van der Waals surface area (Å²) in [4.78, 5) is 12.8. The number of nitrogens with zero attached hydrogens (tertiary/aromatic N) is 1. The average Bonchev–Trinajstić information content (AvgIpc) is 2.68. The van der Waals surface area contributed by atoms with Gasteiger partial charge >= 0.3 is 5.97 Å². The van der Waals surface area contributed by atoms with Crippen molar-refractivity contribution in [2.75, 3.05) is 0 Å². The molecule has 0 radical (unpaired) electrons. The van der Waals surface area contributed by atoms with Crippen molar-refractivity contribution in [3.05, 3.63) is 21.4 Å². The lowest BCUT2D eigenvalue weighted by Crippen LogP contribution is -2.08. The lowest BCUT2D eigenvalue weighted by molar-refractivity contribution is -0.136. The van der Waals surface area contributed by atoms with E-state index in [9.17, 15) is 4.79 Å². The molecule has 1 aromatic rings. The van der Waals surface area contributed by atoms with E-state index in [1.807, 2.05) is 6.07 Å². The van der Waals surface area contributed by atoms with Gasteiger partial charge in [0.2, 0.25) is 0 Å². The molecule has 0 aromatic carbocycles. The smallest absolute Gasteiger partial charge is 0.303 e. The van der Waals surface area contributed by atoms with Crippen LogP contribution < -0.4 is 0 Å². The Hall–Kier alpha value is -1.36. The number of fused-ring (bicyclic) bond motifs is 1. The summed E-state index contributed by atoms with van der Waals surface area (Å²) in [5, 5.41) is 20.8. The third-order valence-electron chi connectivity index (χ3n) is 2.69. The summed E-state index contributed by atoms with van der Waals surface area (Å²) in [5.74, 6) is -0.776. The fraction of sp³-hybridized carbons (Fsp3) is 0.455. The molecule has 0 amide bonds. The Labute approximate surface area is 97.2 Å². The van der Waals surface area contributed by atoms with Crippen LogP contribution >= 0.6 is 11.3 Å². The minimum absolute atomic E-state index is 0.158. The number of rotatable bonds is 3. The highest BCUT2D eigenvalue weighted by molar-refractivity contribution is 7.12. The first-order valence-corrected chi connectivity index (χ1v) is 6.07. The minimum Gasteiger partial charge on any atom is -0.481 e. The molecular weight excluding hydrogens is 226 g/mol. The van der Waals surface area contributed by atoms with Gasteiger partial charge < -0.3 is 10.3 Å². The molecule has 2 rings (SSSR count). The molecule has 0 saturated carbocycles. The highest BCUT2D eigenvalue weighted by atomic mass is 32.1. The number of carboxylic acids is 1. The molecule has 1 heterocycles. The van der Waals surface area contributed by atoms with Crippen LogP contribution in [0.2, 0.25) is 0 Å². The fourth-order valence-electron chi connectivity index (χ4n) is 1.92. The first-order chi connectivity index (χ1) is 7.70. The highest BCUT2D eigenvalue weighted by Crippen LogP contribution is 2.30. The van der Waals surface area contributed by atoms with Crippen LogP contribution in [-0.4, -0.2) is 22.0 Å². The van der Waals surface area contributed by atoms with Crippen LogP contribution in [0.15, 0.2) is 11.2 Å². The number of carbonyl (C=O) groups is 1. The van der Waals surface area contributed by atoms with Gasteiger partial charge in [-0.2, -0.15) is 0 Å². The van der Waals surface area contributed by atoms with Crippen molar-refractivity contribution in [1.29, 1.82) is 0 Å². The molecule has 0 atom stereocenters. The van der Waals surface area contributed by atoms with Crippen molar-refractivity contribution < 1.29 is 15.1 Å². The highest BCUT2D eigenvalue weighted by Gasteiger charge is 2.19. The van der Waals surface area contributed by atoms with Crippen LogP contribution in [0.3, 0.4) is 0 Å². The Morgan fingerprint density at radius 2 is 2.31 bits per heavy atom. The number of hydrogen-bond donors (Lipinski definition) is 2. The first-order valence-electron chi connectivity index (χ1n) is 5.25. The van der Waals surface area contributed by atoms with Crippen molar-refractivity contribution in [3.8, 4) is 0 Å². The Balaban J connectivity index is 2.19. The molecule has 1 aromatic heterocycles. The number of hydrogen-bond acceptors (Lipinski definition) is 4. The molecule has 1 aliphatic carbocycles. The van der Waals surface area contributed by atoms with E-state index in [0.29, 0.717) is 6.42 Å². The Bertz CT molecular complexity index is 436. The van der Waals surface area contributed by atoms with Gasteiger partial charge in [0.05, 0.1) is 12.1 Å². The maximum absolute atomic E-state index is 10.5. The molecule has 86 valence electrons. The van der Waals surface area contributed by atoms with E-state index < -0.39 is 5.97 Å². The molecule has 0 saturated heterocycles. The number of oxime groups is 1. The van der Waals surface area contributed by atoms with Gasteiger partial charge in [-0.1, -0.05) is 5.16 Å². The zero-order valence-electron chi connectivity index (χ0n) is 8.77. The lowest BCUT2D eigenvalue weighted by atomic mass is 9.97. The van der Waals surface area contributed by atoms with Gasteiger partial charge in [0.25, 0.3) is 0 Å². The van der Waals surface area contributed by atoms with E-state index in [-0.39, 0.29) is 6.42 Å². The molecule has 0 aliphatic heterocycles. The molecule has 0 fully saturated rings. The molecule has 1 aliphatic rings. The van der Waals surface area contributed by atoms with E-state index in [1.165, 1.54) is 4.88 Å². The van der Waals surface area contributed by atoms with Crippen molar-refractivity contribution in [1.82, 2.24) is 0 Å². The number of aliphatic carboxylic acids is 1. The quantitative estimate of drug-likeness (QED) is 0.628. The van der Waals surface area contributed by atoms with Crippen LogP contribution in [0.5, 0.6) is 0 Å². The summed E-state index contributed by atoms with van der Waals surface area (Å²) >= 11 is 1.64. The van der Waals surface area contributed by atoms with Gasteiger partial charge in [0.1, 0.15) is 0 Å². The zero-order chi connectivity index (χ0) is 11.5. The first kappa shape index (κ1) is 11.1. The van der Waals surface area contributed by atoms with Gasteiger partial charge in [0.15, 0.2) is 0 Å². The van der Waals surface area contributed by atoms with E-state index in [1.54, 1.807) is 11.3 Å². The van der Waals surface area contributed by atoms with Crippen molar-refractivity contribution in [2.24, 2.45) is 5.16 Å². The van der Waals surface area contributed by atoms with Gasteiger partial charge in [-0.15, -0.1) is 11.3 Å². The number of thiophene rings is 1. The summed E-state index contributed by atoms with van der Waals surface area (Å²) < 4.78 is 0. The van der Waals surface area contributed by atoms with Gasteiger partial charge in [-0.3, -0.25) is 4.79 Å². The van der Waals surface area contributed by atoms with Crippen LogP contribution in [-0.2, 0) is 17.6 Å². The number of aryl methyl sites for hydroxylation is 2. The van der Waals surface area contributed by atoms with Crippen molar-refractivity contribution in [3.63, 3.8) is 0 Å². The Morgan fingerprint density at radius 3 is 3.00 bits per heavy atom. The molecule has 4 nitrogen and oxygen atoms in total. The molecule has 0 bridgehead atoms. The summed E-state index contributed by atoms with van der Waals surface area (Å²) in [6.45, 7) is 0. The van der Waals surface area contributed by atoms with Crippen LogP contribution in [0.1, 0.15) is 34.6 Å². The molecular formula is C11H13NO3S. The molecule has 0 unspecified atom stereocenters. The topological polar surface area (TPSA) is 69.9 Å². The molecule has 0 spiro atoms. The van der Waals surface area contributed by atoms with Gasteiger partial charge in [0, 0.05) is 15.3 Å². The minimum atomic E-state index is -0.776. The summed E-state index contributed by atoms with van der Waals surface area (Å²) in [6.07, 6.45) is 3.53. The van der Waals surface area contributed by atoms with E-state index >= 15 is 0 Å². The largest absolute Gasteiger partial charge is 0.481 e.